The Kier molecular flexibility index (Phi) is 8.96. The first-order chi connectivity index (χ1) is 16.4. The van der Waals surface area contributed by atoms with E-state index in [1.54, 1.807) is 43.5 Å². The molecule has 1 amide bonds. The Labute approximate surface area is 209 Å². The highest BCUT2D eigenvalue weighted by atomic mass is 35.5. The van der Waals surface area contributed by atoms with Crippen LogP contribution >= 0.6 is 23.2 Å². The van der Waals surface area contributed by atoms with Crippen molar-refractivity contribution in [1.82, 2.24) is 9.97 Å². The second kappa shape index (κ2) is 11.9. The maximum Gasteiger partial charge on any atom is 0.230 e. The number of ether oxygens (including phenoxy) is 3. The highest BCUT2D eigenvalue weighted by molar-refractivity contribution is 6.35. The minimum Gasteiger partial charge on any atom is -0.496 e. The second-order valence-electron chi connectivity index (χ2n) is 7.48. The summed E-state index contributed by atoms with van der Waals surface area (Å²) in [5.41, 5.74) is 2.11. The summed E-state index contributed by atoms with van der Waals surface area (Å²) in [6, 6.07) is 10.5. The lowest BCUT2D eigenvalue weighted by Gasteiger charge is -2.17. The number of halogens is 2. The van der Waals surface area contributed by atoms with E-state index in [2.05, 4.69) is 22.2 Å². The van der Waals surface area contributed by atoms with Crippen LogP contribution in [0, 0.1) is 0 Å². The summed E-state index contributed by atoms with van der Waals surface area (Å²) >= 11 is 12.9. The highest BCUT2D eigenvalue weighted by Crippen LogP contribution is 2.44. The molecule has 1 aromatic heterocycles. The summed E-state index contributed by atoms with van der Waals surface area (Å²) in [7, 11) is 4.62. The van der Waals surface area contributed by atoms with E-state index in [9.17, 15) is 4.79 Å². The molecule has 2 aromatic carbocycles. The SMILES string of the molecule is CCCCCC(=O)Nc1nc(-c2ccc(Cl)cc2)c(Cl)c(-c2cc(OC)c(OC)cc2OC)n1. The molecule has 0 spiro atoms. The molecule has 1 heterocycles. The third kappa shape index (κ3) is 5.90. The maximum atomic E-state index is 12.5. The molecular formula is C25H27Cl2N3O4. The lowest BCUT2D eigenvalue weighted by molar-refractivity contribution is -0.116. The molecule has 0 aliphatic rings. The van der Waals surface area contributed by atoms with Crippen molar-refractivity contribution in [2.24, 2.45) is 0 Å². The van der Waals surface area contributed by atoms with Gasteiger partial charge in [0, 0.05) is 28.6 Å². The molecule has 0 unspecified atom stereocenters. The van der Waals surface area contributed by atoms with Crippen LogP contribution in [0.3, 0.4) is 0 Å². The molecule has 3 aromatic rings. The fourth-order valence-corrected chi connectivity index (χ4v) is 3.84. The van der Waals surface area contributed by atoms with Crippen LogP contribution in [0.4, 0.5) is 5.95 Å². The lowest BCUT2D eigenvalue weighted by atomic mass is 10.1. The quantitative estimate of drug-likeness (QED) is 0.311. The van der Waals surface area contributed by atoms with Gasteiger partial charge in [0.2, 0.25) is 11.9 Å². The number of hydrogen-bond donors (Lipinski definition) is 1. The molecule has 34 heavy (non-hydrogen) atoms. The van der Waals surface area contributed by atoms with Gasteiger partial charge in [0.15, 0.2) is 11.5 Å². The lowest BCUT2D eigenvalue weighted by Crippen LogP contribution is -2.14. The van der Waals surface area contributed by atoms with E-state index >= 15 is 0 Å². The van der Waals surface area contributed by atoms with Crippen LogP contribution in [-0.2, 0) is 4.79 Å². The normalized spacial score (nSPS) is 10.6. The third-order valence-electron chi connectivity index (χ3n) is 5.19. The van der Waals surface area contributed by atoms with Crippen LogP contribution in [0.15, 0.2) is 36.4 Å². The molecule has 1 N–H and O–H groups in total. The molecule has 0 atom stereocenters. The van der Waals surface area contributed by atoms with Crippen molar-refractivity contribution in [3.8, 4) is 39.8 Å². The van der Waals surface area contributed by atoms with Crippen molar-refractivity contribution >= 4 is 35.1 Å². The van der Waals surface area contributed by atoms with Gasteiger partial charge in [-0.1, -0.05) is 55.1 Å². The zero-order chi connectivity index (χ0) is 24.7. The average molecular weight is 504 g/mol. The molecule has 0 aliphatic carbocycles. The number of nitrogens with zero attached hydrogens (tertiary/aromatic N) is 2. The molecule has 180 valence electrons. The zero-order valence-corrected chi connectivity index (χ0v) is 21.1. The van der Waals surface area contributed by atoms with Crippen LogP contribution in [0.2, 0.25) is 10.0 Å². The molecule has 0 aliphatic heterocycles. The number of aromatic nitrogens is 2. The van der Waals surface area contributed by atoms with Crippen molar-refractivity contribution in [3.63, 3.8) is 0 Å². The van der Waals surface area contributed by atoms with Gasteiger partial charge in [0.05, 0.1) is 37.7 Å². The van der Waals surface area contributed by atoms with E-state index in [1.807, 2.05) is 0 Å². The van der Waals surface area contributed by atoms with Crippen molar-refractivity contribution in [2.45, 2.75) is 32.6 Å². The van der Waals surface area contributed by atoms with Gasteiger partial charge in [0.1, 0.15) is 5.75 Å². The third-order valence-corrected chi connectivity index (χ3v) is 5.80. The topological polar surface area (TPSA) is 82.6 Å². The number of carbonyl (C=O) groups excluding carboxylic acids is 1. The summed E-state index contributed by atoms with van der Waals surface area (Å²) in [5, 5.41) is 3.68. The van der Waals surface area contributed by atoms with Crippen LogP contribution < -0.4 is 19.5 Å². The maximum absolute atomic E-state index is 12.5. The number of methoxy groups -OCH3 is 3. The summed E-state index contributed by atoms with van der Waals surface area (Å²) in [4.78, 5) is 21.6. The first-order valence-corrected chi connectivity index (χ1v) is 11.6. The molecule has 0 fully saturated rings. The number of amides is 1. The van der Waals surface area contributed by atoms with Crippen molar-refractivity contribution < 1.29 is 19.0 Å². The van der Waals surface area contributed by atoms with Gasteiger partial charge in [-0.2, -0.15) is 0 Å². The Balaban J connectivity index is 2.17. The number of nitrogens with one attached hydrogen (secondary N) is 1. The molecule has 7 nitrogen and oxygen atoms in total. The molecule has 9 heteroatoms. The molecule has 0 radical (unpaired) electrons. The smallest absolute Gasteiger partial charge is 0.230 e. The predicted molar refractivity (Wildman–Crippen MR) is 135 cm³/mol. The predicted octanol–water partition coefficient (Wildman–Crippen LogP) is 6.66. The number of rotatable bonds is 10. The van der Waals surface area contributed by atoms with Crippen molar-refractivity contribution in [2.75, 3.05) is 26.6 Å². The van der Waals surface area contributed by atoms with E-state index in [4.69, 9.17) is 37.4 Å². The first-order valence-electron chi connectivity index (χ1n) is 10.9. The number of carbonyl (C=O) groups is 1. The fourth-order valence-electron chi connectivity index (χ4n) is 3.42. The average Bonchev–Trinajstić information content (AvgIpc) is 2.84. The molecule has 0 bridgehead atoms. The zero-order valence-electron chi connectivity index (χ0n) is 19.6. The van der Waals surface area contributed by atoms with Gasteiger partial charge in [-0.05, 0) is 24.6 Å². The minimum absolute atomic E-state index is 0.141. The Hall–Kier alpha value is -3.03. The Bertz CT molecular complexity index is 1150. The van der Waals surface area contributed by atoms with E-state index in [0.717, 1.165) is 24.8 Å². The first kappa shape index (κ1) is 25.6. The van der Waals surface area contributed by atoms with Crippen molar-refractivity contribution in [3.05, 3.63) is 46.4 Å². The van der Waals surface area contributed by atoms with Gasteiger partial charge in [0.25, 0.3) is 0 Å². The Morgan fingerprint density at radius 2 is 1.50 bits per heavy atom. The molecule has 0 saturated carbocycles. The van der Waals surface area contributed by atoms with Crippen LogP contribution in [0.25, 0.3) is 22.5 Å². The van der Waals surface area contributed by atoms with Gasteiger partial charge >= 0.3 is 0 Å². The second-order valence-corrected chi connectivity index (χ2v) is 8.29. The monoisotopic (exact) mass is 503 g/mol. The summed E-state index contributed by atoms with van der Waals surface area (Å²) in [6.07, 6.45) is 3.16. The van der Waals surface area contributed by atoms with Crippen LogP contribution in [0.5, 0.6) is 17.2 Å². The number of hydrogen-bond acceptors (Lipinski definition) is 6. The standard InChI is InChI=1S/C25H27Cl2N3O4/c1-5-6-7-8-21(31)28-25-29-23(15-9-11-16(26)12-10-15)22(27)24(30-25)17-13-19(33-3)20(34-4)14-18(17)32-2/h9-14H,5-8H2,1-4H3,(H,28,29,30,31). The van der Waals surface area contributed by atoms with Gasteiger partial charge in [-0.15, -0.1) is 0 Å². The van der Waals surface area contributed by atoms with Gasteiger partial charge in [-0.3, -0.25) is 10.1 Å². The molecule has 3 rings (SSSR count). The van der Waals surface area contributed by atoms with Gasteiger partial charge in [-0.25, -0.2) is 9.97 Å². The molecule has 0 saturated heterocycles. The highest BCUT2D eigenvalue weighted by Gasteiger charge is 2.22. The largest absolute Gasteiger partial charge is 0.496 e. The molecular weight excluding hydrogens is 477 g/mol. The fraction of sp³-hybridized carbons (Fsp3) is 0.320. The van der Waals surface area contributed by atoms with E-state index in [-0.39, 0.29) is 16.9 Å². The number of anilines is 1. The van der Waals surface area contributed by atoms with E-state index in [1.165, 1.54) is 14.2 Å². The van der Waals surface area contributed by atoms with Crippen molar-refractivity contribution in [1.29, 1.82) is 0 Å². The summed E-state index contributed by atoms with van der Waals surface area (Å²) in [6.45, 7) is 2.08. The summed E-state index contributed by atoms with van der Waals surface area (Å²) in [5.74, 6) is 1.42. The number of benzene rings is 2. The Morgan fingerprint density at radius 1 is 0.882 bits per heavy atom. The van der Waals surface area contributed by atoms with E-state index in [0.29, 0.717) is 45.6 Å². The van der Waals surface area contributed by atoms with E-state index < -0.39 is 0 Å². The minimum atomic E-state index is -0.164. The van der Waals surface area contributed by atoms with Gasteiger partial charge < -0.3 is 14.2 Å². The van der Waals surface area contributed by atoms with Crippen LogP contribution in [0.1, 0.15) is 32.6 Å². The summed E-state index contributed by atoms with van der Waals surface area (Å²) < 4.78 is 16.4. The van der Waals surface area contributed by atoms with Crippen LogP contribution in [-0.4, -0.2) is 37.2 Å². The number of unbranched alkanes of at least 4 members (excludes halogenated alkanes) is 2. The Morgan fingerprint density at radius 3 is 2.12 bits per heavy atom.